The highest BCUT2D eigenvalue weighted by atomic mass is 16.5. The van der Waals surface area contributed by atoms with Crippen LogP contribution in [-0.2, 0) is 22.0 Å². The number of piperidine rings is 1. The van der Waals surface area contributed by atoms with Crippen molar-refractivity contribution in [1.29, 1.82) is 0 Å². The van der Waals surface area contributed by atoms with Crippen LogP contribution in [-0.4, -0.2) is 65.6 Å². The Labute approximate surface area is 183 Å². The quantitative estimate of drug-likeness (QED) is 0.766. The number of carbonyl (C=O) groups is 2. The van der Waals surface area contributed by atoms with Gasteiger partial charge in [-0.25, -0.2) is 0 Å². The smallest absolute Gasteiger partial charge is 0.270 e. The van der Waals surface area contributed by atoms with E-state index >= 15 is 0 Å². The first-order valence-corrected chi connectivity index (χ1v) is 11.4. The lowest BCUT2D eigenvalue weighted by Gasteiger charge is -2.40. The molecule has 1 spiro atoms. The molecule has 2 aliphatic heterocycles. The van der Waals surface area contributed by atoms with Crippen molar-refractivity contribution >= 4 is 11.8 Å². The Morgan fingerprint density at radius 1 is 1.00 bits per heavy atom. The average Bonchev–Trinajstić information content (AvgIpc) is 3.36. The van der Waals surface area contributed by atoms with Crippen LogP contribution in [0.4, 0.5) is 0 Å². The van der Waals surface area contributed by atoms with Crippen LogP contribution >= 0.6 is 0 Å². The van der Waals surface area contributed by atoms with Crippen molar-refractivity contribution in [3.8, 4) is 0 Å². The summed E-state index contributed by atoms with van der Waals surface area (Å²) in [6, 6.07) is 12.5. The Morgan fingerprint density at radius 3 is 2.45 bits per heavy atom. The Kier molecular flexibility index (Phi) is 5.34. The molecule has 2 saturated heterocycles. The molecule has 2 aromatic rings. The molecule has 164 valence electrons. The number of morpholine rings is 1. The summed E-state index contributed by atoms with van der Waals surface area (Å²) in [5.74, 6) is 0.630. The molecule has 31 heavy (non-hydrogen) atoms. The Balaban J connectivity index is 1.31. The van der Waals surface area contributed by atoms with E-state index in [1.807, 2.05) is 39.7 Å². The van der Waals surface area contributed by atoms with E-state index < -0.39 is 0 Å². The zero-order valence-electron chi connectivity index (χ0n) is 18.3. The summed E-state index contributed by atoms with van der Waals surface area (Å²) >= 11 is 0. The molecule has 0 bridgehead atoms. The lowest BCUT2D eigenvalue weighted by atomic mass is 9.73. The van der Waals surface area contributed by atoms with Crippen molar-refractivity contribution in [1.82, 2.24) is 14.4 Å². The maximum Gasteiger partial charge on any atom is 0.270 e. The maximum atomic E-state index is 13.0. The standard InChI is InChI=1S/C25H31N3O3/c1-26-10-4-7-22(26)24(30)28-11-8-25(9-12-28)18-19(20-5-2-3-6-21(20)25)17-23(29)27-13-15-31-16-14-27/h2-7,10,19H,8-9,11-18H2,1H3. The lowest BCUT2D eigenvalue weighted by Crippen LogP contribution is -2.45. The second-order valence-electron chi connectivity index (χ2n) is 9.26. The molecule has 1 unspecified atom stereocenters. The number of hydrogen-bond donors (Lipinski definition) is 0. The highest BCUT2D eigenvalue weighted by Gasteiger charge is 2.46. The molecule has 2 fully saturated rings. The van der Waals surface area contributed by atoms with E-state index in [9.17, 15) is 9.59 Å². The monoisotopic (exact) mass is 421 g/mol. The van der Waals surface area contributed by atoms with Crippen molar-refractivity contribution in [3.05, 3.63) is 59.4 Å². The second kappa shape index (κ2) is 8.15. The van der Waals surface area contributed by atoms with Gasteiger partial charge in [-0.3, -0.25) is 9.59 Å². The number of rotatable bonds is 3. The van der Waals surface area contributed by atoms with Gasteiger partial charge in [0.2, 0.25) is 5.91 Å². The van der Waals surface area contributed by atoms with E-state index in [0.29, 0.717) is 32.7 Å². The third-order valence-electron chi connectivity index (χ3n) is 7.56. The fourth-order valence-electron chi connectivity index (χ4n) is 5.82. The van der Waals surface area contributed by atoms with Crippen LogP contribution in [0.2, 0.25) is 0 Å². The maximum absolute atomic E-state index is 13.0. The van der Waals surface area contributed by atoms with E-state index in [-0.39, 0.29) is 23.1 Å². The molecule has 3 aliphatic rings. The van der Waals surface area contributed by atoms with Crippen LogP contribution in [0.15, 0.2) is 42.6 Å². The summed E-state index contributed by atoms with van der Waals surface area (Å²) < 4.78 is 7.30. The van der Waals surface area contributed by atoms with Gasteiger partial charge < -0.3 is 19.1 Å². The Bertz CT molecular complexity index is 968. The van der Waals surface area contributed by atoms with Gasteiger partial charge in [-0.05, 0) is 53.9 Å². The molecule has 6 nitrogen and oxygen atoms in total. The van der Waals surface area contributed by atoms with Gasteiger partial charge in [0.25, 0.3) is 5.91 Å². The Hall–Kier alpha value is -2.60. The number of nitrogens with zero attached hydrogens (tertiary/aromatic N) is 3. The summed E-state index contributed by atoms with van der Waals surface area (Å²) in [6.07, 6.45) is 5.42. The SMILES string of the molecule is Cn1cccc1C(=O)N1CCC2(CC1)CC(CC(=O)N1CCOCC1)c1ccccc12. The first-order chi connectivity index (χ1) is 15.1. The second-order valence-corrected chi connectivity index (χ2v) is 9.26. The van der Waals surface area contributed by atoms with E-state index in [4.69, 9.17) is 4.74 Å². The van der Waals surface area contributed by atoms with Crippen LogP contribution in [0.3, 0.4) is 0 Å². The highest BCUT2D eigenvalue weighted by Crippen LogP contribution is 2.52. The first kappa shape index (κ1) is 20.3. The van der Waals surface area contributed by atoms with Gasteiger partial charge >= 0.3 is 0 Å². The zero-order chi connectivity index (χ0) is 21.4. The lowest BCUT2D eigenvalue weighted by molar-refractivity contribution is -0.135. The number of likely N-dealkylation sites (tertiary alicyclic amines) is 1. The van der Waals surface area contributed by atoms with Gasteiger partial charge in [0.1, 0.15) is 5.69 Å². The number of hydrogen-bond acceptors (Lipinski definition) is 3. The molecule has 0 N–H and O–H groups in total. The van der Waals surface area contributed by atoms with Crippen LogP contribution in [0.25, 0.3) is 0 Å². The largest absolute Gasteiger partial charge is 0.378 e. The molecule has 0 radical (unpaired) electrons. The normalized spacial score (nSPS) is 22.5. The number of aromatic nitrogens is 1. The van der Waals surface area contributed by atoms with Crippen molar-refractivity contribution in [3.63, 3.8) is 0 Å². The number of amides is 2. The summed E-state index contributed by atoms with van der Waals surface area (Å²) in [6.45, 7) is 4.22. The minimum atomic E-state index is 0.0809. The fourth-order valence-corrected chi connectivity index (χ4v) is 5.82. The van der Waals surface area contributed by atoms with Crippen molar-refractivity contribution in [2.24, 2.45) is 7.05 Å². The minimum Gasteiger partial charge on any atom is -0.378 e. The molecule has 1 aliphatic carbocycles. The topological polar surface area (TPSA) is 54.8 Å². The summed E-state index contributed by atoms with van der Waals surface area (Å²) in [5.41, 5.74) is 3.57. The van der Waals surface area contributed by atoms with Gasteiger partial charge in [0, 0.05) is 45.8 Å². The molecule has 3 heterocycles. The van der Waals surface area contributed by atoms with E-state index in [0.717, 1.165) is 38.0 Å². The van der Waals surface area contributed by atoms with Crippen LogP contribution in [0.5, 0.6) is 0 Å². The van der Waals surface area contributed by atoms with Gasteiger partial charge in [0.15, 0.2) is 0 Å². The molecule has 2 amide bonds. The van der Waals surface area contributed by atoms with E-state index in [2.05, 4.69) is 24.3 Å². The highest BCUT2D eigenvalue weighted by molar-refractivity contribution is 5.92. The number of fused-ring (bicyclic) bond motifs is 2. The number of benzene rings is 1. The third-order valence-corrected chi connectivity index (χ3v) is 7.56. The van der Waals surface area contributed by atoms with Crippen LogP contribution < -0.4 is 0 Å². The van der Waals surface area contributed by atoms with Crippen molar-refractivity contribution in [2.45, 2.75) is 37.0 Å². The minimum absolute atomic E-state index is 0.0809. The fraction of sp³-hybridized carbons (Fsp3) is 0.520. The average molecular weight is 422 g/mol. The summed E-state index contributed by atoms with van der Waals surface area (Å²) in [5, 5.41) is 0. The number of carbonyl (C=O) groups excluding carboxylic acids is 2. The predicted octanol–water partition coefficient (Wildman–Crippen LogP) is 2.94. The van der Waals surface area contributed by atoms with Crippen molar-refractivity contribution < 1.29 is 14.3 Å². The number of ether oxygens (including phenoxy) is 1. The predicted molar refractivity (Wildman–Crippen MR) is 118 cm³/mol. The molecule has 0 saturated carbocycles. The van der Waals surface area contributed by atoms with Crippen LogP contribution in [0.1, 0.15) is 53.2 Å². The summed E-state index contributed by atoms with van der Waals surface area (Å²) in [4.78, 5) is 29.9. The van der Waals surface area contributed by atoms with Gasteiger partial charge in [-0.1, -0.05) is 24.3 Å². The molecule has 6 heteroatoms. The van der Waals surface area contributed by atoms with Gasteiger partial charge in [0.05, 0.1) is 13.2 Å². The van der Waals surface area contributed by atoms with E-state index in [1.165, 1.54) is 11.1 Å². The number of aryl methyl sites for hydroxylation is 1. The van der Waals surface area contributed by atoms with Crippen LogP contribution in [0, 0.1) is 0 Å². The zero-order valence-corrected chi connectivity index (χ0v) is 18.3. The first-order valence-electron chi connectivity index (χ1n) is 11.4. The van der Waals surface area contributed by atoms with Gasteiger partial charge in [-0.15, -0.1) is 0 Å². The molecule has 1 aromatic carbocycles. The van der Waals surface area contributed by atoms with E-state index in [1.54, 1.807) is 0 Å². The molecule has 5 rings (SSSR count). The molecule has 1 aromatic heterocycles. The third kappa shape index (κ3) is 3.67. The molecular weight excluding hydrogens is 390 g/mol. The molecular formula is C25H31N3O3. The summed E-state index contributed by atoms with van der Waals surface area (Å²) in [7, 11) is 1.92. The van der Waals surface area contributed by atoms with Crippen molar-refractivity contribution in [2.75, 3.05) is 39.4 Å². The molecule has 1 atom stereocenters. The van der Waals surface area contributed by atoms with Gasteiger partial charge in [-0.2, -0.15) is 0 Å². The Morgan fingerprint density at radius 2 is 1.74 bits per heavy atom.